The second-order valence-electron chi connectivity index (χ2n) is 4.44. The van der Waals surface area contributed by atoms with Crippen molar-refractivity contribution in [1.29, 1.82) is 0 Å². The van der Waals surface area contributed by atoms with Crippen LogP contribution < -0.4 is 0 Å². The van der Waals surface area contributed by atoms with Gasteiger partial charge in [-0.25, -0.2) is 0 Å². The molecule has 5 heteroatoms. The average Bonchev–Trinajstić information content (AvgIpc) is 2.75. The van der Waals surface area contributed by atoms with Crippen LogP contribution in [-0.4, -0.2) is 47.0 Å². The minimum atomic E-state index is 0.252. The Morgan fingerprint density at radius 3 is 2.65 bits per heavy atom. The first-order valence-corrected chi connectivity index (χ1v) is 6.11. The summed E-state index contributed by atoms with van der Waals surface area (Å²) >= 11 is 0. The van der Waals surface area contributed by atoms with Gasteiger partial charge in [0.2, 0.25) is 5.91 Å². The zero-order valence-electron chi connectivity index (χ0n) is 10.5. The highest BCUT2D eigenvalue weighted by Gasteiger charge is 2.20. The van der Waals surface area contributed by atoms with Crippen molar-refractivity contribution in [2.24, 2.45) is 0 Å². The summed E-state index contributed by atoms with van der Waals surface area (Å²) in [6.45, 7) is 8.09. The number of rotatable bonds is 3. The molecule has 0 aromatic carbocycles. The molecular formula is C12H19N3O2. The van der Waals surface area contributed by atoms with Crippen LogP contribution in [0, 0.1) is 6.92 Å². The Kier molecular flexibility index (Phi) is 3.78. The van der Waals surface area contributed by atoms with Crippen molar-refractivity contribution in [2.75, 3.05) is 26.2 Å². The molecule has 0 unspecified atom stereocenters. The van der Waals surface area contributed by atoms with Crippen molar-refractivity contribution in [3.8, 4) is 0 Å². The van der Waals surface area contributed by atoms with Crippen LogP contribution in [0.25, 0.3) is 0 Å². The maximum Gasteiger partial charge on any atom is 0.222 e. The van der Waals surface area contributed by atoms with E-state index in [0.717, 1.165) is 44.2 Å². The van der Waals surface area contributed by atoms with Crippen LogP contribution in [0.2, 0.25) is 0 Å². The van der Waals surface area contributed by atoms with E-state index in [0.29, 0.717) is 6.42 Å². The van der Waals surface area contributed by atoms with E-state index >= 15 is 0 Å². The van der Waals surface area contributed by atoms with E-state index < -0.39 is 0 Å². The van der Waals surface area contributed by atoms with Crippen molar-refractivity contribution in [1.82, 2.24) is 15.0 Å². The summed E-state index contributed by atoms with van der Waals surface area (Å²) in [6, 6.07) is 1.96. The maximum absolute atomic E-state index is 11.5. The molecule has 17 heavy (non-hydrogen) atoms. The Morgan fingerprint density at radius 1 is 1.41 bits per heavy atom. The van der Waals surface area contributed by atoms with Crippen LogP contribution in [-0.2, 0) is 11.3 Å². The first-order valence-electron chi connectivity index (χ1n) is 6.11. The minimum absolute atomic E-state index is 0.252. The van der Waals surface area contributed by atoms with E-state index in [2.05, 4.69) is 10.1 Å². The summed E-state index contributed by atoms with van der Waals surface area (Å²) in [4.78, 5) is 15.8. The fourth-order valence-corrected chi connectivity index (χ4v) is 2.10. The predicted molar refractivity (Wildman–Crippen MR) is 63.4 cm³/mol. The SMILES string of the molecule is CCC(=O)N1CCN(Cc2cc(C)on2)CC1. The van der Waals surface area contributed by atoms with Crippen molar-refractivity contribution in [3.05, 3.63) is 17.5 Å². The first kappa shape index (κ1) is 12.1. The highest BCUT2D eigenvalue weighted by Crippen LogP contribution is 2.09. The van der Waals surface area contributed by atoms with Gasteiger partial charge >= 0.3 is 0 Å². The molecule has 0 aliphatic carbocycles. The lowest BCUT2D eigenvalue weighted by molar-refractivity contribution is -0.132. The third-order valence-electron chi connectivity index (χ3n) is 3.09. The Labute approximate surface area is 101 Å². The van der Waals surface area contributed by atoms with E-state index in [-0.39, 0.29) is 5.91 Å². The zero-order chi connectivity index (χ0) is 12.3. The molecule has 94 valence electrons. The van der Waals surface area contributed by atoms with E-state index in [1.54, 1.807) is 0 Å². The standard InChI is InChI=1S/C12H19N3O2/c1-3-12(16)15-6-4-14(5-7-15)9-11-8-10(2)17-13-11/h8H,3-7,9H2,1-2H3. The van der Waals surface area contributed by atoms with Gasteiger partial charge in [0.1, 0.15) is 5.76 Å². The van der Waals surface area contributed by atoms with E-state index in [1.807, 2.05) is 24.8 Å². The van der Waals surface area contributed by atoms with Gasteiger partial charge in [0, 0.05) is 45.2 Å². The molecular weight excluding hydrogens is 218 g/mol. The Balaban J connectivity index is 1.81. The first-order chi connectivity index (χ1) is 8.19. The molecule has 2 rings (SSSR count). The van der Waals surface area contributed by atoms with E-state index in [1.165, 1.54) is 0 Å². The van der Waals surface area contributed by atoms with Gasteiger partial charge in [-0.1, -0.05) is 12.1 Å². The molecule has 1 amide bonds. The molecule has 1 saturated heterocycles. The second-order valence-corrected chi connectivity index (χ2v) is 4.44. The lowest BCUT2D eigenvalue weighted by Crippen LogP contribution is -2.48. The molecule has 1 fully saturated rings. The van der Waals surface area contributed by atoms with Gasteiger partial charge in [0.05, 0.1) is 5.69 Å². The van der Waals surface area contributed by atoms with Gasteiger partial charge in [-0.05, 0) is 6.92 Å². The highest BCUT2D eigenvalue weighted by molar-refractivity contribution is 5.75. The molecule has 0 saturated carbocycles. The number of carbonyl (C=O) groups excluding carboxylic acids is 1. The normalized spacial score (nSPS) is 17.4. The molecule has 1 aromatic heterocycles. The summed E-state index contributed by atoms with van der Waals surface area (Å²) in [7, 11) is 0. The summed E-state index contributed by atoms with van der Waals surface area (Å²) in [5.41, 5.74) is 0.970. The maximum atomic E-state index is 11.5. The molecule has 1 aromatic rings. The summed E-state index contributed by atoms with van der Waals surface area (Å²) in [5, 5.41) is 3.98. The van der Waals surface area contributed by atoms with Crippen molar-refractivity contribution >= 4 is 5.91 Å². The average molecular weight is 237 g/mol. The predicted octanol–water partition coefficient (Wildman–Crippen LogP) is 1.04. The number of amides is 1. The van der Waals surface area contributed by atoms with E-state index in [4.69, 9.17) is 4.52 Å². The van der Waals surface area contributed by atoms with Gasteiger partial charge in [0.15, 0.2) is 0 Å². The van der Waals surface area contributed by atoms with Gasteiger partial charge in [-0.15, -0.1) is 0 Å². The molecule has 0 radical (unpaired) electrons. The Bertz CT molecular complexity index is 381. The summed E-state index contributed by atoms with van der Waals surface area (Å²) in [6.07, 6.45) is 0.600. The molecule has 5 nitrogen and oxygen atoms in total. The Morgan fingerprint density at radius 2 is 2.12 bits per heavy atom. The molecule has 0 bridgehead atoms. The van der Waals surface area contributed by atoms with Crippen LogP contribution >= 0.6 is 0 Å². The van der Waals surface area contributed by atoms with Crippen molar-refractivity contribution in [3.63, 3.8) is 0 Å². The van der Waals surface area contributed by atoms with Crippen LogP contribution in [0.3, 0.4) is 0 Å². The lowest BCUT2D eigenvalue weighted by Gasteiger charge is -2.34. The monoisotopic (exact) mass is 237 g/mol. The number of hydrogen-bond donors (Lipinski definition) is 0. The Hall–Kier alpha value is -1.36. The van der Waals surface area contributed by atoms with Crippen LogP contribution in [0.1, 0.15) is 24.8 Å². The van der Waals surface area contributed by atoms with Gasteiger partial charge < -0.3 is 9.42 Å². The molecule has 0 N–H and O–H groups in total. The number of piperazine rings is 1. The van der Waals surface area contributed by atoms with Gasteiger partial charge in [-0.2, -0.15) is 0 Å². The topological polar surface area (TPSA) is 49.6 Å². The van der Waals surface area contributed by atoms with Crippen molar-refractivity contribution in [2.45, 2.75) is 26.8 Å². The number of nitrogens with zero attached hydrogens (tertiary/aromatic N) is 3. The molecule has 2 heterocycles. The number of aryl methyl sites for hydroxylation is 1. The molecule has 0 atom stereocenters. The third kappa shape index (κ3) is 3.06. The fraction of sp³-hybridized carbons (Fsp3) is 0.667. The number of aromatic nitrogens is 1. The quantitative estimate of drug-likeness (QED) is 0.788. The molecule has 1 aliphatic heterocycles. The van der Waals surface area contributed by atoms with Crippen molar-refractivity contribution < 1.29 is 9.32 Å². The molecule has 0 spiro atoms. The van der Waals surface area contributed by atoms with Gasteiger partial charge in [-0.3, -0.25) is 9.69 Å². The number of carbonyl (C=O) groups is 1. The largest absolute Gasteiger partial charge is 0.361 e. The number of hydrogen-bond acceptors (Lipinski definition) is 4. The smallest absolute Gasteiger partial charge is 0.222 e. The second kappa shape index (κ2) is 5.31. The minimum Gasteiger partial charge on any atom is -0.361 e. The molecule has 1 aliphatic rings. The van der Waals surface area contributed by atoms with E-state index in [9.17, 15) is 4.79 Å². The third-order valence-corrected chi connectivity index (χ3v) is 3.09. The lowest BCUT2D eigenvalue weighted by atomic mass is 10.2. The summed E-state index contributed by atoms with van der Waals surface area (Å²) in [5.74, 6) is 1.10. The summed E-state index contributed by atoms with van der Waals surface area (Å²) < 4.78 is 5.04. The van der Waals surface area contributed by atoms with Crippen LogP contribution in [0.5, 0.6) is 0 Å². The fourth-order valence-electron chi connectivity index (χ4n) is 2.10. The van der Waals surface area contributed by atoms with Gasteiger partial charge in [0.25, 0.3) is 0 Å². The van der Waals surface area contributed by atoms with Crippen LogP contribution in [0.4, 0.5) is 0 Å². The zero-order valence-corrected chi connectivity index (χ0v) is 10.5. The highest BCUT2D eigenvalue weighted by atomic mass is 16.5. The van der Waals surface area contributed by atoms with Crippen LogP contribution in [0.15, 0.2) is 10.6 Å².